The number of nitrogens with zero attached hydrogens (tertiary/aromatic N) is 1. The maximum absolute atomic E-state index is 10.4. The first-order chi connectivity index (χ1) is 10.7. The van der Waals surface area contributed by atoms with Crippen molar-refractivity contribution in [3.8, 4) is 17.2 Å². The van der Waals surface area contributed by atoms with E-state index in [1.807, 2.05) is 39.8 Å². The Kier molecular flexibility index (Phi) is 4.64. The van der Waals surface area contributed by atoms with Crippen molar-refractivity contribution in [3.63, 3.8) is 0 Å². The summed E-state index contributed by atoms with van der Waals surface area (Å²) in [6.07, 6.45) is 2.80. The Morgan fingerprint density at radius 2 is 1.48 bits per heavy atom. The Hall–Kier alpha value is -1.72. The highest BCUT2D eigenvalue weighted by atomic mass is 16.5. The molecule has 0 bridgehead atoms. The number of benzene rings is 1. The molecule has 0 fully saturated rings. The quantitative estimate of drug-likeness (QED) is 0.915. The molecule has 1 N–H and O–H groups in total. The van der Waals surface area contributed by atoms with Crippen LogP contribution in [0.2, 0.25) is 0 Å². The van der Waals surface area contributed by atoms with Crippen LogP contribution in [-0.4, -0.2) is 42.7 Å². The number of hydroxylamine groups is 2. The van der Waals surface area contributed by atoms with Crippen LogP contribution < -0.4 is 14.2 Å². The summed E-state index contributed by atoms with van der Waals surface area (Å²) >= 11 is 0. The lowest BCUT2D eigenvalue weighted by Gasteiger charge is -2.47. The summed E-state index contributed by atoms with van der Waals surface area (Å²) in [5.41, 5.74) is 1.32. The highest BCUT2D eigenvalue weighted by molar-refractivity contribution is 5.73. The molecule has 2 rings (SSSR count). The Morgan fingerprint density at radius 3 is 1.87 bits per heavy atom. The fraction of sp³-hybridized carbons (Fsp3) is 0.556. The van der Waals surface area contributed by atoms with E-state index in [0.29, 0.717) is 23.7 Å². The van der Waals surface area contributed by atoms with Crippen molar-refractivity contribution >= 4 is 5.57 Å². The molecule has 1 aromatic carbocycles. The van der Waals surface area contributed by atoms with Gasteiger partial charge in [0.1, 0.15) is 0 Å². The lowest BCUT2D eigenvalue weighted by Crippen LogP contribution is -2.55. The molecule has 0 spiro atoms. The van der Waals surface area contributed by atoms with Crippen molar-refractivity contribution in [2.75, 3.05) is 21.3 Å². The molecule has 1 aliphatic heterocycles. The number of rotatable bonds is 4. The Balaban J connectivity index is 2.58. The number of hydrogen-bond donors (Lipinski definition) is 1. The summed E-state index contributed by atoms with van der Waals surface area (Å²) in [6, 6.07) is 3.90. The summed E-state index contributed by atoms with van der Waals surface area (Å²) < 4.78 is 16.3. The first kappa shape index (κ1) is 17.6. The summed E-state index contributed by atoms with van der Waals surface area (Å²) in [6.45, 7) is 8.04. The van der Waals surface area contributed by atoms with E-state index in [0.717, 1.165) is 11.1 Å². The normalized spacial score (nSPS) is 19.9. The highest BCUT2D eigenvalue weighted by Gasteiger charge is 2.41. The molecule has 1 aliphatic rings. The van der Waals surface area contributed by atoms with Gasteiger partial charge in [0.25, 0.3) is 0 Å². The summed E-state index contributed by atoms with van der Waals surface area (Å²) in [5.74, 6) is 1.84. The third kappa shape index (κ3) is 3.16. The van der Waals surface area contributed by atoms with Gasteiger partial charge in [-0.25, -0.2) is 0 Å². The van der Waals surface area contributed by atoms with Crippen LogP contribution in [0.1, 0.15) is 39.7 Å². The summed E-state index contributed by atoms with van der Waals surface area (Å²) in [5, 5.41) is 11.9. The van der Waals surface area contributed by atoms with Gasteiger partial charge in [0, 0.05) is 5.54 Å². The molecule has 23 heavy (non-hydrogen) atoms. The van der Waals surface area contributed by atoms with Crippen molar-refractivity contribution in [1.29, 1.82) is 0 Å². The van der Waals surface area contributed by atoms with E-state index in [9.17, 15) is 5.21 Å². The van der Waals surface area contributed by atoms with Crippen molar-refractivity contribution in [3.05, 3.63) is 23.8 Å². The van der Waals surface area contributed by atoms with Gasteiger partial charge in [-0.2, -0.15) is 5.06 Å². The first-order valence-electron chi connectivity index (χ1n) is 7.67. The maximum Gasteiger partial charge on any atom is 0.203 e. The van der Waals surface area contributed by atoms with E-state index >= 15 is 0 Å². The predicted octanol–water partition coefficient (Wildman–Crippen LogP) is 3.75. The van der Waals surface area contributed by atoms with Gasteiger partial charge in [0.15, 0.2) is 11.5 Å². The molecule has 5 nitrogen and oxygen atoms in total. The van der Waals surface area contributed by atoms with Gasteiger partial charge in [-0.15, -0.1) is 0 Å². The second kappa shape index (κ2) is 6.06. The van der Waals surface area contributed by atoms with Gasteiger partial charge in [-0.3, -0.25) is 0 Å². The smallest absolute Gasteiger partial charge is 0.203 e. The molecule has 0 unspecified atom stereocenters. The van der Waals surface area contributed by atoms with Crippen LogP contribution in [0.15, 0.2) is 18.2 Å². The molecule has 0 aliphatic carbocycles. The van der Waals surface area contributed by atoms with E-state index in [1.54, 1.807) is 21.3 Å². The van der Waals surface area contributed by atoms with Crippen LogP contribution in [0.3, 0.4) is 0 Å². The predicted molar refractivity (Wildman–Crippen MR) is 90.5 cm³/mol. The minimum Gasteiger partial charge on any atom is -0.493 e. The molecule has 0 atom stereocenters. The molecule has 0 aromatic heterocycles. The zero-order chi connectivity index (χ0) is 17.4. The van der Waals surface area contributed by atoms with Gasteiger partial charge in [0.05, 0.1) is 26.9 Å². The van der Waals surface area contributed by atoms with E-state index in [2.05, 4.69) is 6.08 Å². The first-order valence-corrected chi connectivity index (χ1v) is 7.67. The average molecular weight is 321 g/mol. The minimum atomic E-state index is -0.461. The van der Waals surface area contributed by atoms with Crippen LogP contribution in [0.5, 0.6) is 17.2 Å². The SMILES string of the molecule is COc1cc(C2=CC(C)(C)N(O)C(C)(C)C2)cc(OC)c1OC. The monoisotopic (exact) mass is 321 g/mol. The van der Waals surface area contributed by atoms with Crippen molar-refractivity contribution in [1.82, 2.24) is 5.06 Å². The zero-order valence-corrected chi connectivity index (χ0v) is 15.1. The Morgan fingerprint density at radius 1 is 0.957 bits per heavy atom. The minimum absolute atomic E-state index is 0.367. The summed E-state index contributed by atoms with van der Waals surface area (Å²) in [7, 11) is 4.81. The van der Waals surface area contributed by atoms with Crippen molar-refractivity contribution in [2.24, 2.45) is 0 Å². The molecule has 1 heterocycles. The Bertz CT molecular complexity index is 594. The van der Waals surface area contributed by atoms with Gasteiger partial charge < -0.3 is 19.4 Å². The Labute approximate surface area is 138 Å². The second-order valence-corrected chi connectivity index (χ2v) is 7.04. The zero-order valence-electron chi connectivity index (χ0n) is 15.1. The standard InChI is InChI=1S/C18H27NO4/c1-17(2)10-13(11-18(3,4)19(17)20)12-8-14(21-5)16(23-7)15(9-12)22-6/h8-10,20H,11H2,1-7H3. The van der Waals surface area contributed by atoms with Crippen LogP contribution in [-0.2, 0) is 0 Å². The maximum atomic E-state index is 10.4. The van der Waals surface area contributed by atoms with Gasteiger partial charge >= 0.3 is 0 Å². The third-order valence-electron chi connectivity index (χ3n) is 4.31. The number of ether oxygens (including phenoxy) is 3. The molecule has 0 saturated carbocycles. The topological polar surface area (TPSA) is 51.2 Å². The van der Waals surface area contributed by atoms with E-state index in [1.165, 1.54) is 5.06 Å². The fourth-order valence-electron chi connectivity index (χ4n) is 3.31. The molecule has 0 radical (unpaired) electrons. The van der Waals surface area contributed by atoms with E-state index in [-0.39, 0.29) is 5.54 Å². The van der Waals surface area contributed by atoms with Gasteiger partial charge in [-0.05, 0) is 57.4 Å². The van der Waals surface area contributed by atoms with E-state index < -0.39 is 5.54 Å². The van der Waals surface area contributed by atoms with Crippen LogP contribution in [0, 0.1) is 0 Å². The lowest BCUT2D eigenvalue weighted by molar-refractivity contribution is -0.211. The largest absolute Gasteiger partial charge is 0.493 e. The molecular weight excluding hydrogens is 294 g/mol. The molecule has 0 amide bonds. The van der Waals surface area contributed by atoms with Gasteiger partial charge in [0.2, 0.25) is 5.75 Å². The lowest BCUT2D eigenvalue weighted by atomic mass is 9.80. The molecule has 0 saturated heterocycles. The molecular formula is C18H27NO4. The summed E-state index contributed by atoms with van der Waals surface area (Å²) in [4.78, 5) is 0. The highest BCUT2D eigenvalue weighted by Crippen LogP contribution is 2.44. The number of hydrogen-bond acceptors (Lipinski definition) is 5. The van der Waals surface area contributed by atoms with Gasteiger partial charge in [-0.1, -0.05) is 6.08 Å². The second-order valence-electron chi connectivity index (χ2n) is 7.04. The van der Waals surface area contributed by atoms with Crippen LogP contribution in [0.4, 0.5) is 0 Å². The molecule has 128 valence electrons. The fourth-order valence-corrected chi connectivity index (χ4v) is 3.31. The van der Waals surface area contributed by atoms with Crippen LogP contribution >= 0.6 is 0 Å². The van der Waals surface area contributed by atoms with Crippen molar-refractivity contribution in [2.45, 2.75) is 45.2 Å². The average Bonchev–Trinajstić information content (AvgIpc) is 2.50. The molecule has 1 aromatic rings. The number of methoxy groups -OCH3 is 3. The van der Waals surface area contributed by atoms with Crippen LogP contribution in [0.25, 0.3) is 5.57 Å². The third-order valence-corrected chi connectivity index (χ3v) is 4.31. The molecule has 5 heteroatoms. The van der Waals surface area contributed by atoms with E-state index in [4.69, 9.17) is 14.2 Å². The van der Waals surface area contributed by atoms with Crippen molar-refractivity contribution < 1.29 is 19.4 Å².